The van der Waals surface area contributed by atoms with Gasteiger partial charge in [0.15, 0.2) is 0 Å². The Morgan fingerprint density at radius 2 is 0.703 bits per heavy atom. The Balaban J connectivity index is -0.000000218. The van der Waals surface area contributed by atoms with E-state index in [-0.39, 0.29) is 35.1 Å². The van der Waals surface area contributed by atoms with Crippen LogP contribution in [0.25, 0.3) is 0 Å². The van der Waals surface area contributed by atoms with Gasteiger partial charge in [0.05, 0.1) is 18.3 Å². The monoisotopic (exact) mass is 638 g/mol. The largest absolute Gasteiger partial charge is 3.00 e. The minimum Gasteiger partial charge on any atom is -0.781 e. The number of unbranched alkanes of at least 4 members (excludes halogenated alkanes) is 9. The molecule has 13 heteroatoms. The Morgan fingerprint density at radius 3 is 0.865 bits per heavy atom. The van der Waals surface area contributed by atoms with Gasteiger partial charge in [-0.3, -0.25) is 0 Å². The molecule has 9 nitrogen and oxygen atoms in total. The fourth-order valence-corrected chi connectivity index (χ4v) is 4.58. The maximum absolute atomic E-state index is 10.2. The van der Waals surface area contributed by atoms with Crippen molar-refractivity contribution in [1.82, 2.24) is 0 Å². The predicted octanol–water partition coefficient (Wildman–Crippen LogP) is 6.33. The Kier molecular flexibility index (Phi) is 42.5. The van der Waals surface area contributed by atoms with Crippen LogP contribution in [0.2, 0.25) is 0 Å². The smallest absolute Gasteiger partial charge is 0.781 e. The van der Waals surface area contributed by atoms with E-state index in [0.717, 1.165) is 38.5 Å². The van der Waals surface area contributed by atoms with E-state index in [9.17, 15) is 28.4 Å². The topological polar surface area (TPSA) is 148 Å². The summed E-state index contributed by atoms with van der Waals surface area (Å²) in [5.41, 5.74) is 0. The van der Waals surface area contributed by atoms with Crippen molar-refractivity contribution >= 4 is 24.8 Å². The SMILES string of the molecule is CCCCCCC(C)O[PH](=O)[O-].CCCCCCC(C)O[PH](=O)[O-].CCCCCCC(C)O[PH](=O)[O-].[Co+3]. The number of hydrogen-bond donors (Lipinski definition) is 0. The van der Waals surface area contributed by atoms with Gasteiger partial charge in [-0.25, -0.2) is 0 Å². The Bertz CT molecular complexity index is 460. The van der Waals surface area contributed by atoms with Crippen molar-refractivity contribution in [1.29, 1.82) is 0 Å². The molecule has 0 aromatic rings. The first-order chi connectivity index (χ1) is 17.0. The van der Waals surface area contributed by atoms with Crippen LogP contribution in [-0.4, -0.2) is 18.3 Å². The average Bonchev–Trinajstić information content (AvgIpc) is 2.77. The molecule has 0 aliphatic heterocycles. The third kappa shape index (κ3) is 47.1. The van der Waals surface area contributed by atoms with Gasteiger partial charge in [0, 0.05) is 0 Å². The van der Waals surface area contributed by atoms with E-state index >= 15 is 0 Å². The van der Waals surface area contributed by atoms with Crippen LogP contribution in [0.15, 0.2) is 0 Å². The first-order valence-electron chi connectivity index (χ1n) is 13.6. The number of rotatable bonds is 21. The molecule has 0 aliphatic rings. The number of hydrogen-bond acceptors (Lipinski definition) is 9. The molecule has 6 atom stereocenters. The van der Waals surface area contributed by atoms with Crippen molar-refractivity contribution in [3.05, 3.63) is 0 Å². The van der Waals surface area contributed by atoms with Gasteiger partial charge in [0.2, 0.25) is 0 Å². The van der Waals surface area contributed by atoms with Crippen LogP contribution < -0.4 is 14.7 Å². The molecular weight excluding hydrogens is 584 g/mol. The van der Waals surface area contributed by atoms with Crippen LogP contribution in [0, 0.1) is 0 Å². The molecule has 0 N–H and O–H groups in total. The summed E-state index contributed by atoms with van der Waals surface area (Å²) >= 11 is 0. The zero-order valence-corrected chi connectivity index (χ0v) is 27.9. The van der Waals surface area contributed by atoms with Gasteiger partial charge in [0.1, 0.15) is 24.8 Å². The second-order valence-electron chi connectivity index (χ2n) is 9.08. The maximum atomic E-state index is 10.2. The molecule has 0 heterocycles. The van der Waals surface area contributed by atoms with Gasteiger partial charge in [-0.2, -0.15) is 0 Å². The van der Waals surface area contributed by atoms with E-state index < -0.39 is 24.8 Å². The first-order valence-corrected chi connectivity index (χ1v) is 17.3. The minimum absolute atomic E-state index is 0. The molecule has 0 aromatic carbocycles. The molecule has 0 bridgehead atoms. The van der Waals surface area contributed by atoms with Crippen molar-refractivity contribution in [3.8, 4) is 0 Å². The zero-order valence-electron chi connectivity index (χ0n) is 23.8. The first kappa shape index (κ1) is 45.0. The van der Waals surface area contributed by atoms with Crippen molar-refractivity contribution in [2.75, 3.05) is 0 Å². The van der Waals surface area contributed by atoms with Crippen LogP contribution in [0.1, 0.15) is 138 Å². The van der Waals surface area contributed by atoms with Crippen molar-refractivity contribution < 1.29 is 58.7 Å². The molecule has 228 valence electrons. The van der Waals surface area contributed by atoms with E-state index in [0.29, 0.717) is 0 Å². The second kappa shape index (κ2) is 35.0. The molecule has 0 spiro atoms. The summed E-state index contributed by atoms with van der Waals surface area (Å²) in [5.74, 6) is 0. The fourth-order valence-electron chi connectivity index (χ4n) is 3.25. The van der Waals surface area contributed by atoms with Gasteiger partial charge in [0.25, 0.3) is 0 Å². The summed E-state index contributed by atoms with van der Waals surface area (Å²) in [6.45, 7) is 11.8. The average molecular weight is 639 g/mol. The molecular formula is C24H54CoO9P3. The van der Waals surface area contributed by atoms with E-state index in [1.165, 1.54) is 57.8 Å². The molecule has 0 rings (SSSR count). The third-order valence-corrected chi connectivity index (χ3v) is 7.07. The molecule has 0 aliphatic carbocycles. The Hall–Kier alpha value is 0.956. The molecule has 0 radical (unpaired) electrons. The molecule has 0 fully saturated rings. The van der Waals surface area contributed by atoms with Gasteiger partial charge in [-0.15, -0.1) is 0 Å². The molecule has 6 unspecified atom stereocenters. The van der Waals surface area contributed by atoms with Gasteiger partial charge in [-0.05, 0) is 40.0 Å². The minimum atomic E-state index is -2.98. The van der Waals surface area contributed by atoms with E-state index in [1.54, 1.807) is 20.8 Å². The van der Waals surface area contributed by atoms with Crippen LogP contribution >= 0.6 is 24.8 Å². The van der Waals surface area contributed by atoms with Gasteiger partial charge in [-0.1, -0.05) is 97.8 Å². The van der Waals surface area contributed by atoms with E-state index in [4.69, 9.17) is 0 Å². The van der Waals surface area contributed by atoms with Crippen LogP contribution in [0.3, 0.4) is 0 Å². The zero-order chi connectivity index (χ0) is 28.2. The molecule has 0 saturated heterocycles. The van der Waals surface area contributed by atoms with Crippen LogP contribution in [0.5, 0.6) is 0 Å². The summed E-state index contributed by atoms with van der Waals surface area (Å²) < 4.78 is 44.3. The van der Waals surface area contributed by atoms with E-state index in [2.05, 4.69) is 34.3 Å². The third-order valence-electron chi connectivity index (χ3n) is 5.28. The molecule has 0 amide bonds. The standard InChI is InChI=1S/3C8H19O3P.Co/c3*1-3-4-5-6-7-8(2)11-12(9)10;/h3*8,12H,3-7H2,1-2H3,(H,9,10);/q;;;+3/p-3. The summed E-state index contributed by atoms with van der Waals surface area (Å²) in [6.07, 6.45) is 16.1. The van der Waals surface area contributed by atoms with Crippen molar-refractivity contribution in [2.45, 2.75) is 156 Å². The predicted molar refractivity (Wildman–Crippen MR) is 145 cm³/mol. The molecule has 0 aromatic heterocycles. The van der Waals surface area contributed by atoms with Crippen LogP contribution in [0.4, 0.5) is 0 Å². The second-order valence-corrected chi connectivity index (χ2v) is 11.3. The summed E-state index contributed by atoms with van der Waals surface area (Å²) in [4.78, 5) is 30.5. The Labute approximate surface area is 239 Å². The summed E-state index contributed by atoms with van der Waals surface area (Å²) in [7, 11) is -8.93. The Morgan fingerprint density at radius 1 is 0.486 bits per heavy atom. The summed E-state index contributed by atoms with van der Waals surface area (Å²) in [6, 6.07) is 0. The van der Waals surface area contributed by atoms with E-state index in [1.807, 2.05) is 0 Å². The fraction of sp³-hybridized carbons (Fsp3) is 1.00. The van der Waals surface area contributed by atoms with Gasteiger partial charge >= 0.3 is 16.8 Å². The molecule has 0 saturated carbocycles. The van der Waals surface area contributed by atoms with Crippen molar-refractivity contribution in [2.24, 2.45) is 0 Å². The maximum Gasteiger partial charge on any atom is 3.00 e. The van der Waals surface area contributed by atoms with Gasteiger partial charge < -0.3 is 41.9 Å². The van der Waals surface area contributed by atoms with Crippen molar-refractivity contribution in [3.63, 3.8) is 0 Å². The van der Waals surface area contributed by atoms with Crippen LogP contribution in [-0.2, 0) is 44.0 Å². The summed E-state index contributed by atoms with van der Waals surface area (Å²) in [5, 5.41) is 0. The quantitative estimate of drug-likeness (QED) is 0.104. The molecule has 37 heavy (non-hydrogen) atoms. The normalized spacial score (nSPS) is 15.5.